The van der Waals surface area contributed by atoms with Gasteiger partial charge in [-0.3, -0.25) is 6.08 Å². The molecule has 0 unspecified atom stereocenters. The molecule has 0 N–H and O–H groups in total. The second-order valence-electron chi connectivity index (χ2n) is 14.0. The van der Waals surface area contributed by atoms with Crippen LogP contribution in [0.15, 0.2) is 138 Å². The number of halogens is 1. The molecule has 6 aromatic carbocycles. The van der Waals surface area contributed by atoms with Gasteiger partial charge in [0, 0.05) is 0 Å². The number of allylic oxidation sites excluding steroid dienone is 4. The zero-order valence-electron chi connectivity index (χ0n) is 28.4. The van der Waals surface area contributed by atoms with Crippen molar-refractivity contribution < 1.29 is 24.2 Å². The molecule has 234 valence electrons. The summed E-state index contributed by atoms with van der Waals surface area (Å²) in [7, 11) is 0. The fourth-order valence-corrected chi connectivity index (χ4v) is 6.85. The van der Waals surface area contributed by atoms with E-state index in [4.69, 9.17) is 0 Å². The van der Waals surface area contributed by atoms with Crippen LogP contribution >= 0.6 is 15.9 Å². The van der Waals surface area contributed by atoms with Gasteiger partial charge in [-0.25, -0.2) is 12.2 Å². The Morgan fingerprint density at radius 3 is 1.51 bits per heavy atom. The Morgan fingerprint density at radius 2 is 1.17 bits per heavy atom. The van der Waals surface area contributed by atoms with Crippen LogP contribution in [0, 0.1) is 6.08 Å². The predicted molar refractivity (Wildman–Crippen MR) is 206 cm³/mol. The molecule has 0 heterocycles. The van der Waals surface area contributed by atoms with Crippen LogP contribution in [0.1, 0.15) is 64.7 Å². The maximum absolute atomic E-state index is 3.39. The van der Waals surface area contributed by atoms with Gasteiger partial charge in [-0.15, -0.1) is 46.2 Å². The molecule has 1 aliphatic rings. The monoisotopic (exact) mass is 752 g/mol. The predicted octanol–water partition coefficient (Wildman–Crippen LogP) is 13.1. The van der Waals surface area contributed by atoms with Gasteiger partial charge in [0.2, 0.25) is 0 Å². The average molecular weight is 755 g/mol. The van der Waals surface area contributed by atoms with Crippen molar-refractivity contribution in [2.75, 3.05) is 0 Å². The average Bonchev–Trinajstić information content (AvgIpc) is 3.76. The van der Waals surface area contributed by atoms with Gasteiger partial charge in [-0.05, 0) is 44.2 Å². The molecule has 0 spiro atoms. The summed E-state index contributed by atoms with van der Waals surface area (Å²) < 4.78 is 3.32. The van der Waals surface area contributed by atoms with Crippen molar-refractivity contribution in [3.63, 3.8) is 0 Å². The molecule has 0 bridgehead atoms. The summed E-state index contributed by atoms with van der Waals surface area (Å²) in [6.07, 6.45) is 10.0. The maximum Gasteiger partial charge on any atom is -0.0139 e. The van der Waals surface area contributed by atoms with E-state index >= 15 is 0 Å². The van der Waals surface area contributed by atoms with Gasteiger partial charge in [0.25, 0.3) is 0 Å². The summed E-state index contributed by atoms with van der Waals surface area (Å²) in [6.45, 7) is 13.9. The third kappa shape index (κ3) is 8.78. The van der Waals surface area contributed by atoms with E-state index in [0.29, 0.717) is 0 Å². The van der Waals surface area contributed by atoms with Gasteiger partial charge in [-0.2, -0.15) is 6.08 Å². The zero-order chi connectivity index (χ0) is 33.6. The number of rotatable bonds is 3. The third-order valence-electron chi connectivity index (χ3n) is 8.37. The number of hydrogen-bond donors (Lipinski definition) is 0. The molecular formula is C45H43BrZr. The van der Waals surface area contributed by atoms with Crippen LogP contribution in [0.3, 0.4) is 0 Å². The number of hydrogen-bond acceptors (Lipinski definition) is 0. The summed E-state index contributed by atoms with van der Waals surface area (Å²) in [6, 6.07) is 42.0. The van der Waals surface area contributed by atoms with Crippen LogP contribution in [0.4, 0.5) is 0 Å². The molecule has 7 rings (SSSR count). The van der Waals surface area contributed by atoms with Crippen molar-refractivity contribution in [3.05, 3.63) is 161 Å². The Hall–Kier alpha value is -3.32. The summed E-state index contributed by atoms with van der Waals surface area (Å²) >= 11 is 4.84. The van der Waals surface area contributed by atoms with Gasteiger partial charge in [0.1, 0.15) is 0 Å². The first-order valence-corrected chi connectivity index (χ1v) is 18.5. The Kier molecular flexibility index (Phi) is 11.4. The van der Waals surface area contributed by atoms with Crippen molar-refractivity contribution >= 4 is 41.2 Å². The van der Waals surface area contributed by atoms with E-state index in [9.17, 15) is 0 Å². The first kappa shape index (κ1) is 35.0. The Balaban J connectivity index is 0.000000255. The molecule has 0 aliphatic heterocycles. The van der Waals surface area contributed by atoms with Crippen LogP contribution < -0.4 is 0 Å². The largest absolute Gasteiger partial charge is 0.273 e. The SMILES string of the molecule is Brc1cccc([CH]=[Zr+2])c1.CC(C)(C)c1cc2c(cc1-c1ccccc1)[cH-]c1cc(-c3ccccc3)c(C(C)(C)C)cc12.[C-]1=CC=CC1. The van der Waals surface area contributed by atoms with E-state index in [-0.39, 0.29) is 10.8 Å². The molecule has 0 amide bonds. The van der Waals surface area contributed by atoms with Crippen LogP contribution in [-0.2, 0) is 35.1 Å². The van der Waals surface area contributed by atoms with Crippen molar-refractivity contribution in [1.29, 1.82) is 0 Å². The Morgan fingerprint density at radius 1 is 0.660 bits per heavy atom. The van der Waals surface area contributed by atoms with E-state index < -0.39 is 0 Å². The summed E-state index contributed by atoms with van der Waals surface area (Å²) in [5, 5.41) is 5.36. The van der Waals surface area contributed by atoms with E-state index in [0.717, 1.165) is 10.9 Å². The topological polar surface area (TPSA) is 0 Å². The molecule has 2 heteroatoms. The second-order valence-corrected chi connectivity index (χ2v) is 15.7. The molecule has 0 saturated carbocycles. The Labute approximate surface area is 305 Å². The van der Waals surface area contributed by atoms with Gasteiger partial charge in [0.15, 0.2) is 0 Å². The molecule has 0 radical (unpaired) electrons. The molecule has 0 atom stereocenters. The van der Waals surface area contributed by atoms with Crippen molar-refractivity contribution in [2.24, 2.45) is 0 Å². The second kappa shape index (κ2) is 15.3. The first-order chi connectivity index (χ1) is 22.5. The molecule has 0 nitrogen and oxygen atoms in total. The van der Waals surface area contributed by atoms with Gasteiger partial charge >= 0.3 is 78.2 Å². The minimum absolute atomic E-state index is 0.0554. The Bertz CT molecular complexity index is 1910. The van der Waals surface area contributed by atoms with Crippen LogP contribution in [0.2, 0.25) is 0 Å². The zero-order valence-corrected chi connectivity index (χ0v) is 32.4. The van der Waals surface area contributed by atoms with E-state index in [1.807, 2.05) is 24.3 Å². The molecule has 47 heavy (non-hydrogen) atoms. The molecule has 0 saturated heterocycles. The van der Waals surface area contributed by atoms with Crippen LogP contribution in [0.25, 0.3) is 43.8 Å². The molecule has 0 aromatic heterocycles. The fourth-order valence-electron chi connectivity index (χ4n) is 6.00. The van der Waals surface area contributed by atoms with E-state index in [2.05, 4.69) is 176 Å². The standard InChI is InChI=1S/C33H33.C7H5Br.C5H5.Zr/c1-32(2,3)30-20-26-24(18-28(30)22-13-9-7-10-14-22)17-25-19-29(23-15-11-8-12-16-23)31(21-27(25)26)33(4,5)6;1-6-3-2-4-7(8)5-6;1-2-4-5-3-1;/h7-21H,1-6H3;1-5H;1-3H,4H2;/q-1;;-1;+2. The summed E-state index contributed by atoms with van der Waals surface area (Å²) in [4.78, 5) is 0. The molecular weight excluding hydrogens is 712 g/mol. The smallest absolute Gasteiger partial charge is 0.0139 e. The van der Waals surface area contributed by atoms with Gasteiger partial charge in [-0.1, -0.05) is 114 Å². The minimum Gasteiger partial charge on any atom is -0.273 e. The summed E-state index contributed by atoms with van der Waals surface area (Å²) in [5.74, 6) is 0. The molecule has 6 aromatic rings. The van der Waals surface area contributed by atoms with E-state index in [1.54, 1.807) is 0 Å². The molecule has 0 fully saturated rings. The van der Waals surface area contributed by atoms with Crippen LogP contribution in [-0.4, -0.2) is 3.71 Å². The van der Waals surface area contributed by atoms with E-state index in [1.165, 1.54) is 84.7 Å². The van der Waals surface area contributed by atoms with Crippen molar-refractivity contribution in [2.45, 2.75) is 58.8 Å². The van der Waals surface area contributed by atoms with Crippen molar-refractivity contribution in [1.82, 2.24) is 0 Å². The molecule has 1 aliphatic carbocycles. The van der Waals surface area contributed by atoms with Gasteiger partial charge < -0.3 is 0 Å². The fraction of sp³-hybridized carbons (Fsp3) is 0.200. The third-order valence-corrected chi connectivity index (χ3v) is 9.68. The van der Waals surface area contributed by atoms with Gasteiger partial charge in [0.05, 0.1) is 0 Å². The summed E-state index contributed by atoms with van der Waals surface area (Å²) in [5.41, 5.74) is 9.46. The number of benzene rings is 5. The first-order valence-electron chi connectivity index (χ1n) is 16.3. The van der Waals surface area contributed by atoms with Crippen molar-refractivity contribution in [3.8, 4) is 22.3 Å². The quantitative estimate of drug-likeness (QED) is 0.158. The van der Waals surface area contributed by atoms with Crippen LogP contribution in [0.5, 0.6) is 0 Å². The normalized spacial score (nSPS) is 12.4. The maximum atomic E-state index is 3.39. The number of fused-ring (bicyclic) bond motifs is 3. The minimum atomic E-state index is 0.0554.